The third-order valence-corrected chi connectivity index (χ3v) is 1.61. The maximum Gasteiger partial charge on any atom is 0.416 e. The van der Waals surface area contributed by atoms with Crippen molar-refractivity contribution >= 4 is 11.3 Å². The van der Waals surface area contributed by atoms with Gasteiger partial charge in [0.15, 0.2) is 0 Å². The van der Waals surface area contributed by atoms with Crippen LogP contribution in [0.25, 0.3) is 5.57 Å². The van der Waals surface area contributed by atoms with Gasteiger partial charge in [0.05, 0.1) is 5.57 Å². The summed E-state index contributed by atoms with van der Waals surface area (Å²) in [5, 5.41) is 0. The second-order valence-electron chi connectivity index (χ2n) is 2.75. The molecule has 14 heavy (non-hydrogen) atoms. The summed E-state index contributed by atoms with van der Waals surface area (Å²) in [7, 11) is 0. The number of halogens is 4. The molecule has 0 aromatic heterocycles. The van der Waals surface area contributed by atoms with E-state index in [9.17, 15) is 17.6 Å². The lowest BCUT2D eigenvalue weighted by molar-refractivity contribution is -0.0686. The van der Waals surface area contributed by atoms with Crippen LogP contribution >= 0.6 is 0 Å². The van der Waals surface area contributed by atoms with Crippen molar-refractivity contribution in [2.24, 2.45) is 0 Å². The van der Waals surface area contributed by atoms with E-state index in [-0.39, 0.29) is 11.3 Å². The quantitative estimate of drug-likeness (QED) is 0.553. The summed E-state index contributed by atoms with van der Waals surface area (Å²) in [6.07, 6.45) is -4.57. The maximum atomic E-state index is 12.7. The molecular formula is C9H7F4N. The van der Waals surface area contributed by atoms with E-state index in [1.54, 1.807) is 0 Å². The predicted octanol–water partition coefficient (Wildman–Crippen LogP) is 2.98. The lowest BCUT2D eigenvalue weighted by Gasteiger charge is -2.10. The number of hydrogen-bond donors (Lipinski definition) is 1. The third-order valence-electron chi connectivity index (χ3n) is 1.61. The van der Waals surface area contributed by atoms with Crippen LogP contribution < -0.4 is 5.73 Å². The van der Waals surface area contributed by atoms with Crippen LogP contribution in [0, 0.1) is 5.82 Å². The van der Waals surface area contributed by atoms with Crippen molar-refractivity contribution in [3.63, 3.8) is 0 Å². The molecule has 0 heterocycles. The highest BCUT2D eigenvalue weighted by Gasteiger charge is 2.33. The van der Waals surface area contributed by atoms with Gasteiger partial charge in [-0.1, -0.05) is 6.58 Å². The number of alkyl halides is 3. The summed E-state index contributed by atoms with van der Waals surface area (Å²) < 4.78 is 49.1. The molecule has 1 rings (SSSR count). The van der Waals surface area contributed by atoms with E-state index in [0.717, 1.165) is 18.2 Å². The molecule has 0 radical (unpaired) electrons. The van der Waals surface area contributed by atoms with Crippen molar-refractivity contribution in [1.29, 1.82) is 0 Å². The van der Waals surface area contributed by atoms with Gasteiger partial charge >= 0.3 is 6.18 Å². The molecule has 0 saturated carbocycles. The number of hydrogen-bond acceptors (Lipinski definition) is 1. The Morgan fingerprint density at radius 3 is 2.21 bits per heavy atom. The number of allylic oxidation sites excluding steroid dienone is 1. The monoisotopic (exact) mass is 205 g/mol. The Labute approximate surface area is 77.8 Å². The zero-order valence-corrected chi connectivity index (χ0v) is 7.03. The van der Waals surface area contributed by atoms with Crippen LogP contribution in [0.5, 0.6) is 0 Å². The smallest absolute Gasteiger partial charge is 0.399 e. The van der Waals surface area contributed by atoms with E-state index < -0.39 is 17.6 Å². The van der Waals surface area contributed by atoms with Crippen LogP contribution in [-0.2, 0) is 0 Å². The van der Waals surface area contributed by atoms with Crippen molar-refractivity contribution in [2.45, 2.75) is 6.18 Å². The topological polar surface area (TPSA) is 26.0 Å². The normalized spacial score (nSPS) is 11.4. The SMILES string of the molecule is C=C(c1cc(N)cc(F)c1)C(F)(F)F. The Morgan fingerprint density at radius 1 is 1.21 bits per heavy atom. The van der Waals surface area contributed by atoms with E-state index >= 15 is 0 Å². The van der Waals surface area contributed by atoms with Crippen LogP contribution in [0.15, 0.2) is 24.8 Å². The molecule has 76 valence electrons. The van der Waals surface area contributed by atoms with Gasteiger partial charge < -0.3 is 5.73 Å². The largest absolute Gasteiger partial charge is 0.416 e. The summed E-state index contributed by atoms with van der Waals surface area (Å²) in [4.78, 5) is 0. The van der Waals surface area contributed by atoms with E-state index in [2.05, 4.69) is 6.58 Å². The molecule has 1 aromatic rings. The van der Waals surface area contributed by atoms with Crippen molar-refractivity contribution in [3.05, 3.63) is 36.2 Å². The van der Waals surface area contributed by atoms with E-state index in [1.165, 1.54) is 0 Å². The van der Waals surface area contributed by atoms with Gasteiger partial charge in [0, 0.05) is 5.69 Å². The number of rotatable bonds is 1. The summed E-state index contributed by atoms with van der Waals surface area (Å²) in [5.41, 5.74) is 3.67. The second-order valence-corrected chi connectivity index (χ2v) is 2.75. The van der Waals surface area contributed by atoms with Crippen LogP contribution in [0.3, 0.4) is 0 Å². The molecule has 0 unspecified atom stereocenters. The number of nitrogens with two attached hydrogens (primary N) is 1. The first-order valence-corrected chi connectivity index (χ1v) is 3.63. The Hall–Kier alpha value is -1.52. The predicted molar refractivity (Wildman–Crippen MR) is 45.9 cm³/mol. The Bertz CT molecular complexity index is 347. The first-order chi connectivity index (χ1) is 6.30. The minimum atomic E-state index is -4.57. The lowest BCUT2D eigenvalue weighted by Crippen LogP contribution is -2.09. The summed E-state index contributed by atoms with van der Waals surface area (Å²) in [6, 6.07) is 2.71. The zero-order chi connectivity index (χ0) is 10.9. The second kappa shape index (κ2) is 3.32. The maximum absolute atomic E-state index is 12.7. The minimum Gasteiger partial charge on any atom is -0.399 e. The first kappa shape index (κ1) is 10.6. The molecule has 0 aliphatic heterocycles. The fourth-order valence-electron chi connectivity index (χ4n) is 0.950. The van der Waals surface area contributed by atoms with Gasteiger partial charge in [-0.3, -0.25) is 0 Å². The molecular weight excluding hydrogens is 198 g/mol. The fraction of sp³-hybridized carbons (Fsp3) is 0.111. The van der Waals surface area contributed by atoms with Gasteiger partial charge in [0.25, 0.3) is 0 Å². The molecule has 1 aromatic carbocycles. The highest BCUT2D eigenvalue weighted by Crippen LogP contribution is 2.33. The summed E-state index contributed by atoms with van der Waals surface area (Å²) in [5.74, 6) is -0.814. The fourth-order valence-corrected chi connectivity index (χ4v) is 0.950. The highest BCUT2D eigenvalue weighted by molar-refractivity contribution is 5.69. The number of anilines is 1. The Kier molecular flexibility index (Phi) is 2.51. The summed E-state index contributed by atoms with van der Waals surface area (Å²) in [6.45, 7) is 2.83. The van der Waals surface area contributed by atoms with Crippen molar-refractivity contribution in [3.8, 4) is 0 Å². The molecule has 0 saturated heterocycles. The molecule has 0 atom stereocenters. The molecule has 0 fully saturated rings. The van der Waals surface area contributed by atoms with Gasteiger partial charge in [0.2, 0.25) is 0 Å². The number of benzene rings is 1. The molecule has 2 N–H and O–H groups in total. The average molecular weight is 205 g/mol. The van der Waals surface area contributed by atoms with Crippen molar-refractivity contribution in [1.82, 2.24) is 0 Å². The highest BCUT2D eigenvalue weighted by atomic mass is 19.4. The molecule has 0 aliphatic rings. The third kappa shape index (κ3) is 2.25. The standard InChI is InChI=1S/C9H7F4N/c1-5(9(11,12)13)6-2-7(10)4-8(14)3-6/h2-4H,1,14H2. The molecule has 0 aliphatic carbocycles. The Balaban J connectivity index is 3.14. The molecule has 0 spiro atoms. The van der Waals surface area contributed by atoms with E-state index in [4.69, 9.17) is 5.73 Å². The first-order valence-electron chi connectivity index (χ1n) is 3.63. The van der Waals surface area contributed by atoms with Crippen LogP contribution in [-0.4, -0.2) is 6.18 Å². The van der Waals surface area contributed by atoms with Crippen LogP contribution in [0.1, 0.15) is 5.56 Å². The average Bonchev–Trinajstić information content (AvgIpc) is 1.99. The van der Waals surface area contributed by atoms with Gasteiger partial charge in [-0.25, -0.2) is 4.39 Å². The van der Waals surface area contributed by atoms with Crippen LogP contribution in [0.4, 0.5) is 23.2 Å². The zero-order valence-electron chi connectivity index (χ0n) is 7.03. The molecule has 1 nitrogen and oxygen atoms in total. The lowest BCUT2D eigenvalue weighted by atomic mass is 10.1. The van der Waals surface area contributed by atoms with E-state index in [1.807, 2.05) is 0 Å². The van der Waals surface area contributed by atoms with Crippen molar-refractivity contribution < 1.29 is 17.6 Å². The molecule has 0 amide bonds. The van der Waals surface area contributed by atoms with E-state index in [0.29, 0.717) is 0 Å². The van der Waals surface area contributed by atoms with Gasteiger partial charge in [-0.2, -0.15) is 13.2 Å². The Morgan fingerprint density at radius 2 is 1.79 bits per heavy atom. The molecule has 0 bridgehead atoms. The summed E-state index contributed by atoms with van der Waals surface area (Å²) >= 11 is 0. The minimum absolute atomic E-state index is 0.0644. The molecule has 5 heteroatoms. The van der Waals surface area contributed by atoms with Crippen LogP contribution in [0.2, 0.25) is 0 Å². The van der Waals surface area contributed by atoms with Gasteiger partial charge in [0.1, 0.15) is 5.82 Å². The van der Waals surface area contributed by atoms with Crippen molar-refractivity contribution in [2.75, 3.05) is 5.73 Å². The van der Waals surface area contributed by atoms with Gasteiger partial charge in [-0.15, -0.1) is 0 Å². The number of nitrogen functional groups attached to an aromatic ring is 1. The van der Waals surface area contributed by atoms with Gasteiger partial charge in [-0.05, 0) is 23.8 Å².